The van der Waals surface area contributed by atoms with Gasteiger partial charge < -0.3 is 9.88 Å². The van der Waals surface area contributed by atoms with Crippen molar-refractivity contribution in [2.75, 3.05) is 11.1 Å². The molecule has 3 rings (SSSR count). The Kier molecular flexibility index (Phi) is 6.01. The SMILES string of the molecule is Cc1cccc(NC(=O)CSc2nccn2Cc2ccccc2Cl)c1C. The van der Waals surface area contributed by atoms with Crippen LogP contribution in [0.3, 0.4) is 0 Å². The number of carbonyl (C=O) groups excluding carboxylic acids is 1. The van der Waals surface area contributed by atoms with Crippen molar-refractivity contribution in [1.29, 1.82) is 0 Å². The first-order valence-electron chi connectivity index (χ1n) is 8.28. The maximum absolute atomic E-state index is 12.3. The summed E-state index contributed by atoms with van der Waals surface area (Å²) in [6, 6.07) is 13.6. The largest absolute Gasteiger partial charge is 0.325 e. The Morgan fingerprint density at radius 2 is 2.00 bits per heavy atom. The van der Waals surface area contributed by atoms with Crippen LogP contribution in [0.2, 0.25) is 5.02 Å². The highest BCUT2D eigenvalue weighted by Gasteiger charge is 2.11. The van der Waals surface area contributed by atoms with Crippen molar-refractivity contribution >= 4 is 35.0 Å². The summed E-state index contributed by atoms with van der Waals surface area (Å²) in [5, 5.41) is 4.49. The minimum Gasteiger partial charge on any atom is -0.325 e. The number of carbonyl (C=O) groups is 1. The second kappa shape index (κ2) is 8.43. The molecule has 1 N–H and O–H groups in total. The summed E-state index contributed by atoms with van der Waals surface area (Å²) in [6.07, 6.45) is 3.63. The molecule has 26 heavy (non-hydrogen) atoms. The summed E-state index contributed by atoms with van der Waals surface area (Å²) < 4.78 is 2.00. The van der Waals surface area contributed by atoms with Gasteiger partial charge in [0, 0.05) is 23.1 Å². The lowest BCUT2D eigenvalue weighted by molar-refractivity contribution is -0.113. The Hall–Kier alpha value is -2.24. The highest BCUT2D eigenvalue weighted by molar-refractivity contribution is 7.99. The van der Waals surface area contributed by atoms with Crippen LogP contribution in [0.1, 0.15) is 16.7 Å². The average Bonchev–Trinajstić information content (AvgIpc) is 3.06. The normalized spacial score (nSPS) is 10.7. The van der Waals surface area contributed by atoms with Crippen LogP contribution in [0, 0.1) is 13.8 Å². The number of thioether (sulfide) groups is 1. The molecule has 1 heterocycles. The zero-order valence-electron chi connectivity index (χ0n) is 14.7. The van der Waals surface area contributed by atoms with Gasteiger partial charge >= 0.3 is 0 Å². The van der Waals surface area contributed by atoms with Crippen molar-refractivity contribution in [3.8, 4) is 0 Å². The molecule has 4 nitrogen and oxygen atoms in total. The molecular formula is C20H20ClN3OS. The van der Waals surface area contributed by atoms with E-state index in [4.69, 9.17) is 11.6 Å². The molecule has 134 valence electrons. The molecule has 0 bridgehead atoms. The molecule has 0 spiro atoms. The van der Waals surface area contributed by atoms with Gasteiger partial charge in [-0.05, 0) is 42.7 Å². The van der Waals surface area contributed by atoms with Gasteiger partial charge in [-0.2, -0.15) is 0 Å². The number of amides is 1. The van der Waals surface area contributed by atoms with Crippen LogP contribution in [-0.4, -0.2) is 21.2 Å². The third kappa shape index (κ3) is 4.48. The fraction of sp³-hybridized carbons (Fsp3) is 0.200. The highest BCUT2D eigenvalue weighted by Crippen LogP contribution is 2.22. The van der Waals surface area contributed by atoms with Gasteiger partial charge in [0.2, 0.25) is 5.91 Å². The van der Waals surface area contributed by atoms with E-state index in [0.29, 0.717) is 12.3 Å². The summed E-state index contributed by atoms with van der Waals surface area (Å²) in [6.45, 7) is 4.67. The summed E-state index contributed by atoms with van der Waals surface area (Å²) in [5.74, 6) is 0.253. The number of imidazole rings is 1. The molecule has 0 radical (unpaired) electrons. The number of aromatic nitrogens is 2. The van der Waals surface area contributed by atoms with Crippen molar-refractivity contribution in [1.82, 2.24) is 9.55 Å². The fourth-order valence-electron chi connectivity index (χ4n) is 2.57. The van der Waals surface area contributed by atoms with Crippen molar-refractivity contribution in [3.05, 3.63) is 76.6 Å². The Labute approximate surface area is 162 Å². The number of anilines is 1. The monoisotopic (exact) mass is 385 g/mol. The third-order valence-corrected chi connectivity index (χ3v) is 5.56. The van der Waals surface area contributed by atoms with E-state index < -0.39 is 0 Å². The number of nitrogens with one attached hydrogen (secondary N) is 1. The van der Waals surface area contributed by atoms with Crippen LogP contribution in [-0.2, 0) is 11.3 Å². The topological polar surface area (TPSA) is 46.9 Å². The quantitative estimate of drug-likeness (QED) is 0.612. The average molecular weight is 386 g/mol. The van der Waals surface area contributed by atoms with Gasteiger partial charge in [0.05, 0.1) is 12.3 Å². The lowest BCUT2D eigenvalue weighted by Gasteiger charge is -2.11. The number of hydrogen-bond donors (Lipinski definition) is 1. The summed E-state index contributed by atoms with van der Waals surface area (Å²) in [5.41, 5.74) is 4.13. The van der Waals surface area contributed by atoms with Crippen LogP contribution >= 0.6 is 23.4 Å². The third-order valence-electron chi connectivity index (χ3n) is 4.19. The van der Waals surface area contributed by atoms with E-state index in [1.807, 2.05) is 67.1 Å². The first-order valence-corrected chi connectivity index (χ1v) is 9.64. The lowest BCUT2D eigenvalue weighted by Crippen LogP contribution is -2.15. The molecular weight excluding hydrogens is 366 g/mol. The number of rotatable bonds is 6. The maximum Gasteiger partial charge on any atom is 0.234 e. The molecule has 0 aliphatic heterocycles. The lowest BCUT2D eigenvalue weighted by atomic mass is 10.1. The molecule has 0 atom stereocenters. The van der Waals surface area contributed by atoms with Gasteiger partial charge in [0.1, 0.15) is 0 Å². The zero-order chi connectivity index (χ0) is 18.5. The minimum absolute atomic E-state index is 0.0454. The van der Waals surface area contributed by atoms with Crippen LogP contribution in [0.5, 0.6) is 0 Å². The van der Waals surface area contributed by atoms with Gasteiger partial charge in [-0.1, -0.05) is 53.7 Å². The van der Waals surface area contributed by atoms with Gasteiger partial charge in [0.15, 0.2) is 5.16 Å². The van der Waals surface area contributed by atoms with Gasteiger partial charge in [-0.15, -0.1) is 0 Å². The number of aryl methyl sites for hydroxylation is 1. The molecule has 0 fully saturated rings. The van der Waals surface area contributed by atoms with Crippen LogP contribution in [0.25, 0.3) is 0 Å². The molecule has 3 aromatic rings. The number of nitrogens with zero attached hydrogens (tertiary/aromatic N) is 2. The fourth-order valence-corrected chi connectivity index (χ4v) is 3.52. The summed E-state index contributed by atoms with van der Waals surface area (Å²) >= 11 is 7.65. The van der Waals surface area contributed by atoms with E-state index in [0.717, 1.165) is 32.6 Å². The summed E-state index contributed by atoms with van der Waals surface area (Å²) in [7, 11) is 0. The molecule has 2 aromatic carbocycles. The molecule has 0 aliphatic carbocycles. The molecule has 0 saturated carbocycles. The van der Waals surface area contributed by atoms with Crippen molar-refractivity contribution in [3.63, 3.8) is 0 Å². The Balaban J connectivity index is 1.62. The molecule has 1 aromatic heterocycles. The first-order chi connectivity index (χ1) is 12.5. The van der Waals surface area contributed by atoms with Crippen molar-refractivity contribution in [2.24, 2.45) is 0 Å². The number of hydrogen-bond acceptors (Lipinski definition) is 3. The minimum atomic E-state index is -0.0454. The van der Waals surface area contributed by atoms with Gasteiger partial charge in [-0.3, -0.25) is 4.79 Å². The molecule has 1 amide bonds. The molecule has 6 heteroatoms. The van der Waals surface area contributed by atoms with Crippen LogP contribution in [0.4, 0.5) is 5.69 Å². The van der Waals surface area contributed by atoms with Crippen molar-refractivity contribution < 1.29 is 4.79 Å². The zero-order valence-corrected chi connectivity index (χ0v) is 16.3. The van der Waals surface area contributed by atoms with Gasteiger partial charge in [-0.25, -0.2) is 4.98 Å². The van der Waals surface area contributed by atoms with Gasteiger partial charge in [0.25, 0.3) is 0 Å². The first kappa shape index (κ1) is 18.5. The Morgan fingerprint density at radius 1 is 1.19 bits per heavy atom. The van der Waals surface area contributed by atoms with Crippen LogP contribution < -0.4 is 5.32 Å². The molecule has 0 unspecified atom stereocenters. The number of benzene rings is 2. The maximum atomic E-state index is 12.3. The molecule has 0 saturated heterocycles. The number of halogens is 1. The van der Waals surface area contributed by atoms with E-state index >= 15 is 0 Å². The Bertz CT molecular complexity index is 923. The van der Waals surface area contributed by atoms with E-state index in [1.165, 1.54) is 11.8 Å². The van der Waals surface area contributed by atoms with E-state index in [-0.39, 0.29) is 5.91 Å². The highest BCUT2D eigenvalue weighted by atomic mass is 35.5. The second-order valence-corrected chi connectivity index (χ2v) is 7.36. The van der Waals surface area contributed by atoms with E-state index in [2.05, 4.69) is 10.3 Å². The Morgan fingerprint density at radius 3 is 2.81 bits per heavy atom. The van der Waals surface area contributed by atoms with Crippen molar-refractivity contribution in [2.45, 2.75) is 25.5 Å². The van der Waals surface area contributed by atoms with Crippen LogP contribution in [0.15, 0.2) is 60.0 Å². The predicted molar refractivity (Wildman–Crippen MR) is 108 cm³/mol. The second-order valence-electron chi connectivity index (χ2n) is 6.01. The standard InChI is InChI=1S/C20H20ClN3OS/c1-14-6-5-9-18(15(14)2)23-19(25)13-26-20-22-10-11-24(20)12-16-7-3-4-8-17(16)21/h3-11H,12-13H2,1-2H3,(H,23,25). The smallest absolute Gasteiger partial charge is 0.234 e. The van der Waals surface area contributed by atoms with E-state index in [9.17, 15) is 4.79 Å². The molecule has 0 aliphatic rings. The summed E-state index contributed by atoms with van der Waals surface area (Å²) in [4.78, 5) is 16.7. The van der Waals surface area contributed by atoms with E-state index in [1.54, 1.807) is 6.20 Å². The predicted octanol–water partition coefficient (Wildman–Crippen LogP) is 4.93.